The van der Waals surface area contributed by atoms with Crippen LogP contribution in [0.4, 0.5) is 5.69 Å². The predicted octanol–water partition coefficient (Wildman–Crippen LogP) is 5.36. The van der Waals surface area contributed by atoms with Crippen molar-refractivity contribution in [3.63, 3.8) is 0 Å². The van der Waals surface area contributed by atoms with Crippen molar-refractivity contribution in [1.82, 2.24) is 4.31 Å². The maximum absolute atomic E-state index is 13.0. The van der Waals surface area contributed by atoms with Crippen molar-refractivity contribution < 1.29 is 13.2 Å². The minimum Gasteiger partial charge on any atom is -0.322 e. The molecule has 2 aromatic carbocycles. The van der Waals surface area contributed by atoms with E-state index in [1.54, 1.807) is 0 Å². The van der Waals surface area contributed by atoms with Crippen molar-refractivity contribution in [2.24, 2.45) is 5.92 Å². The molecule has 0 bridgehead atoms. The number of carbonyl (C=O) groups is 1. The molecule has 1 saturated heterocycles. The first-order valence-corrected chi connectivity index (χ1v) is 12.3. The Labute approximate surface area is 184 Å². The van der Waals surface area contributed by atoms with E-state index in [1.165, 1.54) is 28.1 Å². The number of hydrogen-bond donors (Lipinski definition) is 1. The molecule has 2 aromatic rings. The molecule has 0 unspecified atom stereocenters. The Balaban J connectivity index is 1.76. The van der Waals surface area contributed by atoms with Crippen LogP contribution in [0.2, 0.25) is 5.02 Å². The number of sulfonamides is 1. The number of unbranched alkanes of at least 4 members (excludes halogenated alkanes) is 1. The number of rotatable bonds is 7. The molecule has 0 spiro atoms. The summed E-state index contributed by atoms with van der Waals surface area (Å²) < 4.78 is 27.5. The minimum absolute atomic E-state index is 0.0986. The normalized spacial score (nSPS) is 15.8. The van der Waals surface area contributed by atoms with Gasteiger partial charge in [-0.05, 0) is 67.5 Å². The summed E-state index contributed by atoms with van der Waals surface area (Å²) in [7, 11) is -3.65. The number of piperidine rings is 1. The van der Waals surface area contributed by atoms with E-state index in [-0.39, 0.29) is 15.5 Å². The molecular formula is C23H29ClN2O3S. The zero-order valence-electron chi connectivity index (χ0n) is 17.5. The van der Waals surface area contributed by atoms with Crippen LogP contribution in [0.15, 0.2) is 47.4 Å². The highest BCUT2D eigenvalue weighted by Crippen LogP contribution is 2.27. The van der Waals surface area contributed by atoms with Crippen molar-refractivity contribution in [2.45, 2.75) is 50.8 Å². The first-order chi connectivity index (χ1) is 14.3. The van der Waals surface area contributed by atoms with Gasteiger partial charge in [-0.3, -0.25) is 4.79 Å². The van der Waals surface area contributed by atoms with Gasteiger partial charge in [0.25, 0.3) is 5.91 Å². The predicted molar refractivity (Wildman–Crippen MR) is 122 cm³/mol. The fourth-order valence-electron chi connectivity index (χ4n) is 3.55. The quantitative estimate of drug-likeness (QED) is 0.620. The molecular weight excluding hydrogens is 420 g/mol. The summed E-state index contributed by atoms with van der Waals surface area (Å²) in [4.78, 5) is 12.9. The summed E-state index contributed by atoms with van der Waals surface area (Å²) in [5.74, 6) is 0.0991. The number of aryl methyl sites for hydroxylation is 1. The van der Waals surface area contributed by atoms with Gasteiger partial charge in [-0.25, -0.2) is 8.42 Å². The lowest BCUT2D eigenvalue weighted by molar-refractivity contribution is 0.102. The van der Waals surface area contributed by atoms with Gasteiger partial charge >= 0.3 is 0 Å². The lowest BCUT2D eigenvalue weighted by Crippen LogP contribution is -2.37. The van der Waals surface area contributed by atoms with Gasteiger partial charge in [0.15, 0.2) is 0 Å². The number of carbonyl (C=O) groups excluding carboxylic acids is 1. The fraction of sp³-hybridized carbons (Fsp3) is 0.435. The third-order valence-corrected chi connectivity index (χ3v) is 7.82. The van der Waals surface area contributed by atoms with Crippen LogP contribution in [0.5, 0.6) is 0 Å². The molecule has 1 amide bonds. The molecule has 1 heterocycles. The number of halogens is 1. The van der Waals surface area contributed by atoms with Crippen LogP contribution in [-0.4, -0.2) is 31.7 Å². The molecule has 0 saturated carbocycles. The molecule has 0 aromatic heterocycles. The average molecular weight is 449 g/mol. The van der Waals surface area contributed by atoms with Gasteiger partial charge in [0.2, 0.25) is 10.0 Å². The number of benzene rings is 2. The summed E-state index contributed by atoms with van der Waals surface area (Å²) in [5.41, 5.74) is 2.02. The molecule has 0 aliphatic carbocycles. The number of nitrogens with one attached hydrogen (secondary N) is 1. The zero-order valence-corrected chi connectivity index (χ0v) is 19.1. The van der Waals surface area contributed by atoms with Crippen LogP contribution in [0, 0.1) is 5.92 Å². The highest BCUT2D eigenvalue weighted by atomic mass is 35.5. The first-order valence-electron chi connectivity index (χ1n) is 10.5. The van der Waals surface area contributed by atoms with Gasteiger partial charge < -0.3 is 5.32 Å². The Morgan fingerprint density at radius 2 is 1.80 bits per heavy atom. The highest BCUT2D eigenvalue weighted by Gasteiger charge is 2.29. The van der Waals surface area contributed by atoms with Crippen LogP contribution in [0.1, 0.15) is 55.5 Å². The Morgan fingerprint density at radius 3 is 2.43 bits per heavy atom. The monoisotopic (exact) mass is 448 g/mol. The van der Waals surface area contributed by atoms with Crippen LogP contribution in [0.3, 0.4) is 0 Å². The molecule has 0 radical (unpaired) electrons. The Bertz CT molecular complexity index is 982. The first kappa shape index (κ1) is 22.8. The largest absolute Gasteiger partial charge is 0.322 e. The summed E-state index contributed by atoms with van der Waals surface area (Å²) in [6, 6.07) is 12.0. The molecule has 1 N–H and O–H groups in total. The second-order valence-electron chi connectivity index (χ2n) is 7.98. The second-order valence-corrected chi connectivity index (χ2v) is 10.3. The third kappa shape index (κ3) is 5.42. The summed E-state index contributed by atoms with van der Waals surface area (Å²) in [6.45, 7) is 5.28. The molecule has 3 rings (SSSR count). The smallest absolute Gasteiger partial charge is 0.257 e. The molecule has 7 heteroatoms. The molecule has 1 aliphatic heterocycles. The van der Waals surface area contributed by atoms with Crippen molar-refractivity contribution in [2.75, 3.05) is 18.4 Å². The number of hydrogen-bond acceptors (Lipinski definition) is 3. The van der Waals surface area contributed by atoms with Gasteiger partial charge in [-0.15, -0.1) is 0 Å². The molecule has 5 nitrogen and oxygen atoms in total. The van der Waals surface area contributed by atoms with Crippen molar-refractivity contribution in [3.05, 3.63) is 58.6 Å². The number of amides is 1. The minimum atomic E-state index is -3.65. The maximum Gasteiger partial charge on any atom is 0.257 e. The number of nitrogens with zero attached hydrogens (tertiary/aromatic N) is 1. The van der Waals surface area contributed by atoms with Crippen molar-refractivity contribution >= 4 is 33.2 Å². The van der Waals surface area contributed by atoms with Gasteiger partial charge in [-0.1, -0.05) is 44.0 Å². The van der Waals surface area contributed by atoms with Crippen molar-refractivity contribution in [1.29, 1.82) is 0 Å². The van der Waals surface area contributed by atoms with Crippen LogP contribution >= 0.6 is 11.6 Å². The van der Waals surface area contributed by atoms with Gasteiger partial charge in [0, 0.05) is 18.8 Å². The molecule has 1 fully saturated rings. The van der Waals surface area contributed by atoms with E-state index in [2.05, 4.69) is 19.2 Å². The summed E-state index contributed by atoms with van der Waals surface area (Å²) in [6.07, 6.45) is 4.94. The van der Waals surface area contributed by atoms with Crippen LogP contribution in [0.25, 0.3) is 0 Å². The third-order valence-electron chi connectivity index (χ3n) is 5.59. The highest BCUT2D eigenvalue weighted by molar-refractivity contribution is 7.89. The van der Waals surface area contributed by atoms with Gasteiger partial charge in [-0.2, -0.15) is 4.31 Å². The molecule has 1 aliphatic rings. The Morgan fingerprint density at radius 1 is 1.13 bits per heavy atom. The molecule has 0 atom stereocenters. The summed E-state index contributed by atoms with van der Waals surface area (Å²) >= 11 is 6.23. The van der Waals surface area contributed by atoms with Gasteiger partial charge in [0.05, 0.1) is 15.5 Å². The van der Waals surface area contributed by atoms with E-state index in [4.69, 9.17) is 11.6 Å². The standard InChI is InChI=1S/C23H29ClN2O3S/c1-3-4-5-18-6-8-19(9-7-18)25-23(27)21-16-20(10-11-22(21)24)30(28,29)26-14-12-17(2)13-15-26/h6-11,16-17H,3-5,12-15H2,1-2H3,(H,25,27). The maximum atomic E-state index is 13.0. The van der Waals surface area contributed by atoms with E-state index in [0.29, 0.717) is 24.7 Å². The van der Waals surface area contributed by atoms with Crippen LogP contribution in [-0.2, 0) is 16.4 Å². The second kappa shape index (κ2) is 9.94. The van der Waals surface area contributed by atoms with Crippen molar-refractivity contribution in [3.8, 4) is 0 Å². The van der Waals surface area contributed by atoms with Gasteiger partial charge in [0.1, 0.15) is 0 Å². The lowest BCUT2D eigenvalue weighted by atomic mass is 10.0. The Hall–Kier alpha value is -1.89. The van der Waals surface area contributed by atoms with E-state index in [9.17, 15) is 13.2 Å². The molecule has 30 heavy (non-hydrogen) atoms. The van der Waals surface area contributed by atoms with E-state index in [1.807, 2.05) is 24.3 Å². The SMILES string of the molecule is CCCCc1ccc(NC(=O)c2cc(S(=O)(=O)N3CCC(C)CC3)ccc2Cl)cc1. The fourth-order valence-corrected chi connectivity index (χ4v) is 5.25. The molecule has 162 valence electrons. The van der Waals surface area contributed by atoms with E-state index in [0.717, 1.165) is 32.1 Å². The zero-order chi connectivity index (χ0) is 21.7. The number of anilines is 1. The lowest BCUT2D eigenvalue weighted by Gasteiger charge is -2.29. The van der Waals surface area contributed by atoms with E-state index >= 15 is 0 Å². The summed E-state index contributed by atoms with van der Waals surface area (Å²) in [5, 5.41) is 3.04. The van der Waals surface area contributed by atoms with E-state index < -0.39 is 15.9 Å². The topological polar surface area (TPSA) is 66.5 Å². The van der Waals surface area contributed by atoms with Crippen LogP contribution < -0.4 is 5.32 Å². The average Bonchev–Trinajstić information content (AvgIpc) is 2.73. The Kier molecular flexibility index (Phi) is 7.55.